The van der Waals surface area contributed by atoms with Crippen molar-refractivity contribution < 1.29 is 14.6 Å². The van der Waals surface area contributed by atoms with E-state index in [4.69, 9.17) is 10.5 Å². The van der Waals surface area contributed by atoms with Crippen molar-refractivity contribution in [2.75, 3.05) is 6.61 Å². The maximum Gasteiger partial charge on any atom is 0.170 e. The Hall–Kier alpha value is -2.92. The molecule has 3 rings (SSSR count). The fraction of sp³-hybridized carbons (Fsp3) is 0.238. The van der Waals surface area contributed by atoms with E-state index >= 15 is 0 Å². The smallest absolute Gasteiger partial charge is 0.170 e. The van der Waals surface area contributed by atoms with Crippen molar-refractivity contribution in [3.05, 3.63) is 77.6 Å². The highest BCUT2D eigenvalue weighted by molar-refractivity contribution is 6.22. The van der Waals surface area contributed by atoms with Gasteiger partial charge >= 0.3 is 0 Å². The van der Waals surface area contributed by atoms with E-state index in [2.05, 4.69) is 4.99 Å². The fourth-order valence-corrected chi connectivity index (χ4v) is 3.00. The monoisotopic (exact) mass is 350 g/mol. The molecule has 0 amide bonds. The highest BCUT2D eigenvalue weighted by Crippen LogP contribution is 2.27. The number of allylic oxidation sites excluding steroid dienone is 1. The van der Waals surface area contributed by atoms with Gasteiger partial charge in [-0.3, -0.25) is 4.79 Å². The fourth-order valence-electron chi connectivity index (χ4n) is 3.00. The molecule has 0 heterocycles. The van der Waals surface area contributed by atoms with Crippen LogP contribution in [0.1, 0.15) is 18.4 Å². The lowest BCUT2D eigenvalue weighted by Crippen LogP contribution is -2.30. The number of amidine groups is 1. The van der Waals surface area contributed by atoms with Crippen LogP contribution < -0.4 is 5.73 Å². The van der Waals surface area contributed by atoms with Crippen LogP contribution in [0, 0.1) is 5.92 Å². The van der Waals surface area contributed by atoms with Gasteiger partial charge in [-0.1, -0.05) is 48.5 Å². The Morgan fingerprint density at radius 1 is 1.08 bits per heavy atom. The van der Waals surface area contributed by atoms with Gasteiger partial charge in [-0.05, 0) is 23.6 Å². The molecule has 26 heavy (non-hydrogen) atoms. The van der Waals surface area contributed by atoms with Crippen molar-refractivity contribution in [2.24, 2.45) is 16.6 Å². The second-order valence-corrected chi connectivity index (χ2v) is 6.35. The van der Waals surface area contributed by atoms with Gasteiger partial charge in [0.2, 0.25) is 0 Å². The molecule has 0 radical (unpaired) electrons. The Balaban J connectivity index is 1.62. The summed E-state index contributed by atoms with van der Waals surface area (Å²) in [6.45, 7) is 0.897. The Morgan fingerprint density at radius 2 is 1.73 bits per heavy atom. The molecule has 134 valence electrons. The number of aliphatic imine (C=N–C) groups is 1. The SMILES string of the molecule is NC(=Nc1ccccc1)C1=C(O)CC(COCc2ccccc2)CC1=O. The number of carbonyl (C=O) groups excluding carboxylic acids is 1. The Bertz CT molecular complexity index is 814. The standard InChI is InChI=1S/C21H22N2O3/c22-21(23-17-9-5-2-6-10-17)20-18(24)11-16(12-19(20)25)14-26-13-15-7-3-1-4-8-15/h1-10,16,24H,11-14H2,(H2,22,23). The first-order chi connectivity index (χ1) is 12.6. The number of benzene rings is 2. The maximum atomic E-state index is 12.4. The minimum absolute atomic E-state index is 0.00765. The van der Waals surface area contributed by atoms with E-state index in [1.54, 1.807) is 12.1 Å². The summed E-state index contributed by atoms with van der Waals surface area (Å²) in [5.74, 6) is -0.201. The summed E-state index contributed by atoms with van der Waals surface area (Å²) in [4.78, 5) is 16.7. The molecule has 2 aromatic carbocycles. The Kier molecular flexibility index (Phi) is 5.81. The number of ketones is 1. The van der Waals surface area contributed by atoms with Crippen LogP contribution in [0.15, 0.2) is 77.0 Å². The van der Waals surface area contributed by atoms with Crippen LogP contribution >= 0.6 is 0 Å². The molecular weight excluding hydrogens is 328 g/mol. The molecule has 0 bridgehead atoms. The van der Waals surface area contributed by atoms with Gasteiger partial charge in [0.15, 0.2) is 5.78 Å². The molecule has 1 atom stereocenters. The number of Topliss-reactive ketones (excluding diaryl/α,β-unsaturated/α-hetero) is 1. The van der Waals surface area contributed by atoms with E-state index in [1.807, 2.05) is 48.5 Å². The summed E-state index contributed by atoms with van der Waals surface area (Å²) in [5.41, 5.74) is 7.82. The van der Waals surface area contributed by atoms with E-state index in [0.29, 0.717) is 31.7 Å². The molecule has 5 nitrogen and oxygen atoms in total. The van der Waals surface area contributed by atoms with Gasteiger partial charge in [0.05, 0.1) is 24.5 Å². The minimum atomic E-state index is -0.195. The quantitative estimate of drug-likeness (QED) is 0.615. The van der Waals surface area contributed by atoms with Crippen LogP contribution in [-0.2, 0) is 16.1 Å². The summed E-state index contributed by atoms with van der Waals surface area (Å²) in [6.07, 6.45) is 0.653. The van der Waals surface area contributed by atoms with Crippen molar-refractivity contribution in [1.29, 1.82) is 0 Å². The van der Waals surface area contributed by atoms with Crippen LogP contribution in [-0.4, -0.2) is 23.3 Å². The molecule has 0 fully saturated rings. The van der Waals surface area contributed by atoms with Gasteiger partial charge in [-0.2, -0.15) is 0 Å². The largest absolute Gasteiger partial charge is 0.511 e. The lowest BCUT2D eigenvalue weighted by atomic mass is 9.87. The number of ether oxygens (including phenoxy) is 1. The molecule has 5 heteroatoms. The number of rotatable bonds is 6. The molecule has 1 unspecified atom stereocenters. The predicted molar refractivity (Wildman–Crippen MR) is 101 cm³/mol. The van der Waals surface area contributed by atoms with Crippen LogP contribution in [0.25, 0.3) is 0 Å². The summed E-state index contributed by atoms with van der Waals surface area (Å²) >= 11 is 0. The number of nitrogens with zero attached hydrogens (tertiary/aromatic N) is 1. The molecular formula is C21H22N2O3. The van der Waals surface area contributed by atoms with Gasteiger partial charge in [-0.15, -0.1) is 0 Å². The summed E-state index contributed by atoms with van der Waals surface area (Å²) in [6, 6.07) is 19.0. The summed E-state index contributed by atoms with van der Waals surface area (Å²) in [7, 11) is 0. The Labute approximate surface area is 152 Å². The number of hydrogen-bond donors (Lipinski definition) is 2. The summed E-state index contributed by atoms with van der Waals surface area (Å²) < 4.78 is 5.70. The predicted octanol–water partition coefficient (Wildman–Crippen LogP) is 3.68. The maximum absolute atomic E-state index is 12.4. The van der Waals surface area contributed by atoms with Crippen molar-refractivity contribution in [2.45, 2.75) is 19.4 Å². The number of hydrogen-bond acceptors (Lipinski definition) is 4. The van der Waals surface area contributed by atoms with Crippen molar-refractivity contribution in [3.63, 3.8) is 0 Å². The molecule has 2 aromatic rings. The molecule has 0 spiro atoms. The zero-order valence-corrected chi connectivity index (χ0v) is 14.5. The van der Waals surface area contributed by atoms with Crippen LogP contribution in [0.4, 0.5) is 5.69 Å². The lowest BCUT2D eigenvalue weighted by Gasteiger charge is -2.23. The average molecular weight is 350 g/mol. The number of para-hydroxylation sites is 1. The minimum Gasteiger partial charge on any atom is -0.511 e. The molecule has 1 aliphatic carbocycles. The van der Waals surface area contributed by atoms with Crippen molar-refractivity contribution >= 4 is 17.3 Å². The molecule has 0 saturated carbocycles. The van der Waals surface area contributed by atoms with E-state index < -0.39 is 0 Å². The van der Waals surface area contributed by atoms with Crippen LogP contribution in [0.2, 0.25) is 0 Å². The van der Waals surface area contributed by atoms with Gasteiger partial charge < -0.3 is 15.6 Å². The first-order valence-corrected chi connectivity index (χ1v) is 8.60. The van der Waals surface area contributed by atoms with Gasteiger partial charge in [-0.25, -0.2) is 4.99 Å². The third kappa shape index (κ3) is 4.58. The highest BCUT2D eigenvalue weighted by Gasteiger charge is 2.29. The number of nitrogens with two attached hydrogens (primary N) is 1. The number of aliphatic hydroxyl groups is 1. The molecule has 0 aliphatic heterocycles. The second kappa shape index (κ2) is 8.45. The molecule has 1 aliphatic rings. The third-order valence-corrected chi connectivity index (χ3v) is 4.25. The van der Waals surface area contributed by atoms with E-state index in [9.17, 15) is 9.90 Å². The van der Waals surface area contributed by atoms with Gasteiger partial charge in [0.25, 0.3) is 0 Å². The topological polar surface area (TPSA) is 84.9 Å². The first kappa shape index (κ1) is 17.9. The van der Waals surface area contributed by atoms with Crippen molar-refractivity contribution in [1.82, 2.24) is 0 Å². The molecule has 3 N–H and O–H groups in total. The second-order valence-electron chi connectivity index (χ2n) is 6.35. The lowest BCUT2D eigenvalue weighted by molar-refractivity contribution is -0.117. The molecule has 0 saturated heterocycles. The normalized spacial score (nSPS) is 18.2. The van der Waals surface area contributed by atoms with E-state index in [1.165, 1.54) is 0 Å². The average Bonchev–Trinajstić information content (AvgIpc) is 2.63. The highest BCUT2D eigenvalue weighted by atomic mass is 16.5. The van der Waals surface area contributed by atoms with Crippen molar-refractivity contribution in [3.8, 4) is 0 Å². The molecule has 0 aromatic heterocycles. The zero-order valence-electron chi connectivity index (χ0n) is 14.5. The van der Waals surface area contributed by atoms with Gasteiger partial charge in [0.1, 0.15) is 11.6 Å². The van der Waals surface area contributed by atoms with Crippen LogP contribution in [0.5, 0.6) is 0 Å². The number of aliphatic hydroxyl groups excluding tert-OH is 1. The van der Waals surface area contributed by atoms with Gasteiger partial charge in [0, 0.05) is 12.8 Å². The first-order valence-electron chi connectivity index (χ1n) is 8.60. The van der Waals surface area contributed by atoms with E-state index in [0.717, 1.165) is 5.56 Å². The summed E-state index contributed by atoms with van der Waals surface area (Å²) in [5, 5.41) is 10.3. The van der Waals surface area contributed by atoms with Crippen LogP contribution in [0.3, 0.4) is 0 Å². The Morgan fingerprint density at radius 3 is 2.38 bits per heavy atom. The third-order valence-electron chi connectivity index (χ3n) is 4.25. The van der Waals surface area contributed by atoms with E-state index in [-0.39, 0.29) is 28.9 Å². The zero-order chi connectivity index (χ0) is 18.4. The number of carbonyl (C=O) groups is 1.